The van der Waals surface area contributed by atoms with E-state index in [2.05, 4.69) is 27.2 Å². The summed E-state index contributed by atoms with van der Waals surface area (Å²) in [5, 5.41) is 3.11. The van der Waals surface area contributed by atoms with E-state index in [0.29, 0.717) is 17.0 Å². The van der Waals surface area contributed by atoms with E-state index < -0.39 is 0 Å². The van der Waals surface area contributed by atoms with E-state index in [1.54, 1.807) is 12.3 Å². The van der Waals surface area contributed by atoms with Crippen molar-refractivity contribution in [2.45, 2.75) is 51.0 Å². The van der Waals surface area contributed by atoms with Crippen LogP contribution in [0.25, 0.3) is 0 Å². The van der Waals surface area contributed by atoms with Gasteiger partial charge in [0.2, 0.25) is 5.88 Å². The lowest BCUT2D eigenvalue weighted by molar-refractivity contribution is 0.0908. The molecule has 0 unspecified atom stereocenters. The normalized spacial score (nSPS) is 20.0. The number of methoxy groups -OCH3 is 2. The molecule has 1 N–H and O–H groups in total. The van der Waals surface area contributed by atoms with Crippen molar-refractivity contribution in [2.75, 3.05) is 14.2 Å². The van der Waals surface area contributed by atoms with E-state index in [9.17, 15) is 9.18 Å². The molecule has 1 saturated carbocycles. The maximum absolute atomic E-state index is 14.5. The summed E-state index contributed by atoms with van der Waals surface area (Å²) in [4.78, 5) is 24.4. The van der Waals surface area contributed by atoms with Gasteiger partial charge in [-0.1, -0.05) is 6.92 Å². The van der Waals surface area contributed by atoms with Crippen molar-refractivity contribution >= 4 is 5.91 Å². The monoisotopic (exact) mass is 402 g/mol. The fraction of sp³-hybridized carbons (Fsp3) is 0.524. The van der Waals surface area contributed by atoms with Crippen LogP contribution in [0.3, 0.4) is 0 Å². The Morgan fingerprint density at radius 3 is 2.45 bits per heavy atom. The summed E-state index contributed by atoms with van der Waals surface area (Å²) in [5.41, 5.74) is 1.08. The molecule has 0 bridgehead atoms. The smallest absolute Gasteiger partial charge is 0.316 e. The number of pyridine rings is 1. The molecule has 1 amide bonds. The second-order valence-electron chi connectivity index (χ2n) is 7.28. The van der Waals surface area contributed by atoms with Gasteiger partial charge in [0.25, 0.3) is 5.91 Å². The number of nitrogens with zero attached hydrogens (tertiary/aromatic N) is 3. The highest BCUT2D eigenvalue weighted by molar-refractivity contribution is 5.93. The van der Waals surface area contributed by atoms with Gasteiger partial charge >= 0.3 is 6.01 Å². The third kappa shape index (κ3) is 4.81. The van der Waals surface area contributed by atoms with E-state index in [1.807, 2.05) is 0 Å². The van der Waals surface area contributed by atoms with Crippen LogP contribution in [-0.2, 0) is 0 Å². The summed E-state index contributed by atoms with van der Waals surface area (Å²) in [6, 6.07) is 2.03. The van der Waals surface area contributed by atoms with Crippen LogP contribution in [0.4, 0.5) is 4.39 Å². The summed E-state index contributed by atoms with van der Waals surface area (Å²) in [5.74, 6) is -0.00706. The van der Waals surface area contributed by atoms with Gasteiger partial charge in [-0.25, -0.2) is 19.3 Å². The highest BCUT2D eigenvalue weighted by Crippen LogP contribution is 2.39. The average Bonchev–Trinajstić information content (AvgIpc) is 2.77. The van der Waals surface area contributed by atoms with Gasteiger partial charge in [0.15, 0.2) is 5.82 Å². The van der Waals surface area contributed by atoms with Gasteiger partial charge in [0.05, 0.1) is 19.8 Å². The zero-order valence-electron chi connectivity index (χ0n) is 17.0. The van der Waals surface area contributed by atoms with Crippen LogP contribution in [0, 0.1) is 11.7 Å². The standard InChI is InChI=1S/C21H27FN4O3/c1-4-17(26-19(27)15-11-24-21(29-3)25-12-15)14-7-5-13(6-8-14)16-9-10-23-20(28-2)18(16)22/h9-14,17H,4-8H2,1-3H3,(H,26,27)/t13-,14+,17-/m1/s1. The number of aromatic nitrogens is 3. The van der Waals surface area contributed by atoms with Crippen molar-refractivity contribution in [1.82, 2.24) is 20.3 Å². The van der Waals surface area contributed by atoms with E-state index in [4.69, 9.17) is 9.47 Å². The Bertz CT molecular complexity index is 823. The maximum atomic E-state index is 14.5. The number of hydrogen-bond donors (Lipinski definition) is 1. The van der Waals surface area contributed by atoms with Crippen molar-refractivity contribution in [3.63, 3.8) is 0 Å². The molecule has 2 heterocycles. The molecule has 1 aliphatic rings. The van der Waals surface area contributed by atoms with Gasteiger partial charge in [0.1, 0.15) is 0 Å². The maximum Gasteiger partial charge on any atom is 0.316 e. The van der Waals surface area contributed by atoms with Crippen molar-refractivity contribution in [2.24, 2.45) is 5.92 Å². The molecule has 0 aromatic carbocycles. The molecule has 0 aliphatic heterocycles. The first kappa shape index (κ1) is 21.0. The summed E-state index contributed by atoms with van der Waals surface area (Å²) in [6.07, 6.45) is 8.93. The second kappa shape index (κ2) is 9.62. The van der Waals surface area contributed by atoms with Gasteiger partial charge in [-0.05, 0) is 55.6 Å². The minimum Gasteiger partial charge on any atom is -0.479 e. The van der Waals surface area contributed by atoms with E-state index >= 15 is 0 Å². The molecule has 7 nitrogen and oxygen atoms in total. The number of carbonyl (C=O) groups excluding carboxylic acids is 1. The highest BCUT2D eigenvalue weighted by Gasteiger charge is 2.30. The van der Waals surface area contributed by atoms with Crippen LogP contribution in [-0.4, -0.2) is 41.1 Å². The fourth-order valence-corrected chi connectivity index (χ4v) is 4.07. The first-order valence-corrected chi connectivity index (χ1v) is 9.92. The number of rotatable bonds is 7. The Morgan fingerprint density at radius 1 is 1.17 bits per heavy atom. The van der Waals surface area contributed by atoms with Crippen LogP contribution < -0.4 is 14.8 Å². The Balaban J connectivity index is 1.60. The Hall–Kier alpha value is -2.77. The van der Waals surface area contributed by atoms with Crippen molar-refractivity contribution in [3.05, 3.63) is 41.6 Å². The molecular formula is C21H27FN4O3. The minimum atomic E-state index is -0.363. The van der Waals surface area contributed by atoms with Gasteiger partial charge in [-0.2, -0.15) is 0 Å². The number of nitrogens with one attached hydrogen (secondary N) is 1. The molecule has 0 radical (unpaired) electrons. The molecule has 1 atom stereocenters. The third-order valence-electron chi connectivity index (χ3n) is 5.69. The van der Waals surface area contributed by atoms with Crippen molar-refractivity contribution < 1.29 is 18.7 Å². The molecule has 0 spiro atoms. The Labute approximate surface area is 170 Å². The topological polar surface area (TPSA) is 86.2 Å². The van der Waals surface area contributed by atoms with Crippen LogP contribution in [0.1, 0.15) is 60.9 Å². The minimum absolute atomic E-state index is 0.0463. The third-order valence-corrected chi connectivity index (χ3v) is 5.69. The van der Waals surface area contributed by atoms with E-state index in [1.165, 1.54) is 26.6 Å². The van der Waals surface area contributed by atoms with Gasteiger partial charge in [-0.3, -0.25) is 4.79 Å². The first-order chi connectivity index (χ1) is 14.1. The number of hydrogen-bond acceptors (Lipinski definition) is 6. The van der Waals surface area contributed by atoms with Crippen LogP contribution in [0.5, 0.6) is 11.9 Å². The SMILES string of the molecule is CC[C@@H](NC(=O)c1cnc(OC)nc1)[C@H]1CC[C@@H](c2ccnc(OC)c2F)CC1. The largest absolute Gasteiger partial charge is 0.479 e. The molecule has 3 rings (SSSR count). The molecule has 1 aliphatic carbocycles. The van der Waals surface area contributed by atoms with Gasteiger partial charge in [0, 0.05) is 24.6 Å². The Morgan fingerprint density at radius 2 is 1.86 bits per heavy atom. The lowest BCUT2D eigenvalue weighted by Gasteiger charge is -2.34. The fourth-order valence-electron chi connectivity index (χ4n) is 4.07. The zero-order valence-corrected chi connectivity index (χ0v) is 17.0. The molecule has 0 saturated heterocycles. The predicted octanol–water partition coefficient (Wildman–Crippen LogP) is 3.51. The van der Waals surface area contributed by atoms with Gasteiger partial charge < -0.3 is 14.8 Å². The zero-order chi connectivity index (χ0) is 20.8. The van der Waals surface area contributed by atoms with Crippen LogP contribution >= 0.6 is 0 Å². The number of ether oxygens (including phenoxy) is 2. The van der Waals surface area contributed by atoms with Gasteiger partial charge in [-0.15, -0.1) is 0 Å². The van der Waals surface area contributed by atoms with Crippen LogP contribution in [0.2, 0.25) is 0 Å². The lowest BCUT2D eigenvalue weighted by Crippen LogP contribution is -2.41. The summed E-state index contributed by atoms with van der Waals surface area (Å²) in [7, 11) is 2.90. The summed E-state index contributed by atoms with van der Waals surface area (Å²) in [6.45, 7) is 2.06. The first-order valence-electron chi connectivity index (χ1n) is 9.92. The predicted molar refractivity (Wildman–Crippen MR) is 106 cm³/mol. The summed E-state index contributed by atoms with van der Waals surface area (Å²) >= 11 is 0. The second-order valence-corrected chi connectivity index (χ2v) is 7.28. The highest BCUT2D eigenvalue weighted by atomic mass is 19.1. The van der Waals surface area contributed by atoms with Crippen molar-refractivity contribution in [3.8, 4) is 11.9 Å². The number of halogens is 1. The van der Waals surface area contributed by atoms with Crippen molar-refractivity contribution in [1.29, 1.82) is 0 Å². The Kier molecular flexibility index (Phi) is 6.95. The van der Waals surface area contributed by atoms with E-state index in [0.717, 1.165) is 32.1 Å². The molecule has 1 fully saturated rings. The summed E-state index contributed by atoms with van der Waals surface area (Å²) < 4.78 is 24.5. The molecular weight excluding hydrogens is 375 g/mol. The molecule has 29 heavy (non-hydrogen) atoms. The number of amides is 1. The average molecular weight is 402 g/mol. The molecule has 156 valence electrons. The molecule has 2 aromatic heterocycles. The quantitative estimate of drug-likeness (QED) is 0.763. The number of carbonyl (C=O) groups is 1. The lowest BCUT2D eigenvalue weighted by atomic mass is 9.75. The molecule has 8 heteroatoms. The van der Waals surface area contributed by atoms with E-state index in [-0.39, 0.29) is 35.6 Å². The van der Waals surface area contributed by atoms with Crippen LogP contribution in [0.15, 0.2) is 24.7 Å². The molecule has 2 aromatic rings.